The van der Waals surface area contributed by atoms with Crippen LogP contribution in [0, 0.1) is 6.92 Å². The smallest absolute Gasteiger partial charge is 0.276 e. The summed E-state index contributed by atoms with van der Waals surface area (Å²) in [5, 5.41) is 14.2. The number of hydrogen-bond donors (Lipinski definition) is 1. The zero-order valence-electron chi connectivity index (χ0n) is 10.1. The van der Waals surface area contributed by atoms with E-state index in [4.69, 9.17) is 0 Å². The lowest BCUT2D eigenvalue weighted by atomic mass is 10.5. The normalized spacial score (nSPS) is 10.9. The first-order chi connectivity index (χ1) is 8.54. The minimum atomic E-state index is -0.239. The second-order valence-electron chi connectivity index (χ2n) is 3.75. The average molecular weight is 300 g/mol. The molecular formula is C10H12N4OS3. The molecule has 0 radical (unpaired) electrons. The Labute approximate surface area is 117 Å². The molecule has 0 spiro atoms. The van der Waals surface area contributed by atoms with E-state index in [2.05, 4.69) is 34.3 Å². The van der Waals surface area contributed by atoms with Crippen LogP contribution < -0.4 is 5.32 Å². The quantitative estimate of drug-likeness (QED) is 0.694. The monoisotopic (exact) mass is 300 g/mol. The molecule has 2 heterocycles. The first kappa shape index (κ1) is 13.4. The van der Waals surface area contributed by atoms with Crippen molar-refractivity contribution in [3.63, 3.8) is 0 Å². The van der Waals surface area contributed by atoms with Gasteiger partial charge in [0, 0.05) is 10.6 Å². The molecule has 5 nitrogen and oxygen atoms in total. The lowest BCUT2D eigenvalue weighted by molar-refractivity contribution is 0.102. The van der Waals surface area contributed by atoms with E-state index >= 15 is 0 Å². The molecule has 0 aliphatic heterocycles. The molecule has 2 rings (SSSR count). The molecule has 1 N–H and O–H groups in total. The van der Waals surface area contributed by atoms with E-state index in [-0.39, 0.29) is 5.91 Å². The van der Waals surface area contributed by atoms with Gasteiger partial charge in [0.2, 0.25) is 5.13 Å². The molecule has 8 heteroatoms. The van der Waals surface area contributed by atoms with Crippen LogP contribution in [0.3, 0.4) is 0 Å². The van der Waals surface area contributed by atoms with Gasteiger partial charge >= 0.3 is 0 Å². The number of rotatable bonds is 4. The number of carbonyl (C=O) groups is 1. The van der Waals surface area contributed by atoms with Crippen LogP contribution in [0.1, 0.15) is 29.3 Å². The van der Waals surface area contributed by atoms with Crippen molar-refractivity contribution < 1.29 is 4.79 Å². The van der Waals surface area contributed by atoms with Gasteiger partial charge in [0.05, 0.1) is 5.01 Å². The molecule has 0 aliphatic rings. The van der Waals surface area contributed by atoms with E-state index < -0.39 is 0 Å². The predicted octanol–water partition coefficient (Wildman–Crippen LogP) is 3.06. The summed E-state index contributed by atoms with van der Waals surface area (Å²) in [6.45, 7) is 6.04. The first-order valence-corrected chi connectivity index (χ1v) is 7.86. The Morgan fingerprint density at radius 1 is 1.44 bits per heavy atom. The largest absolute Gasteiger partial charge is 0.295 e. The maximum Gasteiger partial charge on any atom is 0.276 e. The van der Waals surface area contributed by atoms with Gasteiger partial charge in [-0.05, 0) is 6.92 Å². The molecule has 2 aromatic rings. The third-order valence-corrected chi connectivity index (χ3v) is 4.52. The molecule has 0 atom stereocenters. The standard InChI is InChI=1S/C10H12N4OS3/c1-5(2)17-10-14-13-9(18-10)12-8(15)7-4-16-6(3)11-7/h4-5H,1-3H3,(H,12,13,15). The fourth-order valence-electron chi connectivity index (χ4n) is 1.14. The summed E-state index contributed by atoms with van der Waals surface area (Å²) in [5.74, 6) is -0.239. The van der Waals surface area contributed by atoms with Crippen molar-refractivity contribution in [1.29, 1.82) is 0 Å². The van der Waals surface area contributed by atoms with Gasteiger partial charge in [-0.3, -0.25) is 10.1 Å². The minimum Gasteiger partial charge on any atom is -0.295 e. The zero-order chi connectivity index (χ0) is 13.1. The highest BCUT2D eigenvalue weighted by Gasteiger charge is 2.13. The number of aryl methyl sites for hydroxylation is 1. The predicted molar refractivity (Wildman–Crippen MR) is 75.7 cm³/mol. The molecule has 2 aromatic heterocycles. The van der Waals surface area contributed by atoms with Gasteiger partial charge in [0.15, 0.2) is 4.34 Å². The van der Waals surface area contributed by atoms with Crippen molar-refractivity contribution >= 4 is 45.5 Å². The van der Waals surface area contributed by atoms with E-state index in [1.54, 1.807) is 17.1 Å². The third kappa shape index (κ3) is 3.50. The van der Waals surface area contributed by atoms with Crippen LogP contribution >= 0.6 is 34.4 Å². The van der Waals surface area contributed by atoms with E-state index in [1.165, 1.54) is 22.7 Å². The summed E-state index contributed by atoms with van der Waals surface area (Å²) in [7, 11) is 0. The van der Waals surface area contributed by atoms with Gasteiger partial charge in [0.1, 0.15) is 5.69 Å². The second-order valence-corrected chi connectivity index (χ2v) is 7.61. The molecule has 96 valence electrons. The number of aromatic nitrogens is 3. The summed E-state index contributed by atoms with van der Waals surface area (Å²) >= 11 is 4.45. The fourth-order valence-corrected chi connectivity index (χ4v) is 3.70. The highest BCUT2D eigenvalue weighted by molar-refractivity contribution is 8.01. The molecule has 0 unspecified atom stereocenters. The minimum absolute atomic E-state index is 0.239. The second kappa shape index (κ2) is 5.77. The molecule has 0 aliphatic carbocycles. The van der Waals surface area contributed by atoms with Crippen molar-refractivity contribution in [2.24, 2.45) is 0 Å². The van der Waals surface area contributed by atoms with Crippen molar-refractivity contribution in [1.82, 2.24) is 15.2 Å². The van der Waals surface area contributed by atoms with Crippen molar-refractivity contribution in [3.05, 3.63) is 16.1 Å². The highest BCUT2D eigenvalue weighted by Crippen LogP contribution is 2.28. The van der Waals surface area contributed by atoms with Crippen LogP contribution in [0.5, 0.6) is 0 Å². The average Bonchev–Trinajstić information content (AvgIpc) is 2.87. The maximum atomic E-state index is 11.8. The number of thiazole rings is 1. The number of anilines is 1. The third-order valence-electron chi connectivity index (χ3n) is 1.82. The fraction of sp³-hybridized carbons (Fsp3) is 0.400. The zero-order valence-corrected chi connectivity index (χ0v) is 12.6. The Kier molecular flexibility index (Phi) is 4.31. The number of nitrogens with one attached hydrogen (secondary N) is 1. The van der Waals surface area contributed by atoms with Crippen LogP contribution in [-0.2, 0) is 0 Å². The van der Waals surface area contributed by atoms with Crippen molar-refractivity contribution in [3.8, 4) is 0 Å². The van der Waals surface area contributed by atoms with E-state index in [0.717, 1.165) is 9.35 Å². The number of thioether (sulfide) groups is 1. The maximum absolute atomic E-state index is 11.8. The summed E-state index contributed by atoms with van der Waals surface area (Å²) < 4.78 is 0.856. The Hall–Kier alpha value is -0.990. The van der Waals surface area contributed by atoms with Crippen LogP contribution in [-0.4, -0.2) is 26.3 Å². The van der Waals surface area contributed by atoms with Gasteiger partial charge < -0.3 is 0 Å². The van der Waals surface area contributed by atoms with E-state index in [0.29, 0.717) is 16.1 Å². The molecule has 0 aromatic carbocycles. The SMILES string of the molecule is Cc1nc(C(=O)Nc2nnc(SC(C)C)s2)cs1. The molecule has 1 amide bonds. The topological polar surface area (TPSA) is 67.8 Å². The van der Waals surface area contributed by atoms with E-state index in [1.807, 2.05) is 6.92 Å². The van der Waals surface area contributed by atoms with Gasteiger partial charge in [-0.2, -0.15) is 0 Å². The van der Waals surface area contributed by atoms with Gasteiger partial charge in [-0.1, -0.05) is 36.9 Å². The Bertz CT molecular complexity index is 549. The Balaban J connectivity index is 2.01. The highest BCUT2D eigenvalue weighted by atomic mass is 32.2. The summed E-state index contributed by atoms with van der Waals surface area (Å²) in [4.78, 5) is 15.9. The van der Waals surface area contributed by atoms with Gasteiger partial charge in [-0.15, -0.1) is 21.5 Å². The van der Waals surface area contributed by atoms with Crippen LogP contribution in [0.2, 0.25) is 0 Å². The number of nitrogens with zero attached hydrogens (tertiary/aromatic N) is 3. The summed E-state index contributed by atoms with van der Waals surface area (Å²) in [6.07, 6.45) is 0. The Morgan fingerprint density at radius 3 is 2.83 bits per heavy atom. The van der Waals surface area contributed by atoms with Crippen molar-refractivity contribution in [2.45, 2.75) is 30.4 Å². The molecular weight excluding hydrogens is 288 g/mol. The van der Waals surface area contributed by atoms with Crippen LogP contribution in [0.15, 0.2) is 9.72 Å². The van der Waals surface area contributed by atoms with Gasteiger partial charge in [0.25, 0.3) is 5.91 Å². The Morgan fingerprint density at radius 2 is 2.22 bits per heavy atom. The van der Waals surface area contributed by atoms with E-state index in [9.17, 15) is 4.79 Å². The number of carbonyl (C=O) groups excluding carboxylic acids is 1. The first-order valence-electron chi connectivity index (χ1n) is 5.28. The number of hydrogen-bond acceptors (Lipinski definition) is 7. The molecule has 0 saturated carbocycles. The molecule has 0 fully saturated rings. The molecule has 0 saturated heterocycles. The summed E-state index contributed by atoms with van der Waals surface area (Å²) in [6, 6.07) is 0. The van der Waals surface area contributed by atoms with Crippen molar-refractivity contribution in [2.75, 3.05) is 5.32 Å². The lowest BCUT2D eigenvalue weighted by Crippen LogP contribution is -2.12. The van der Waals surface area contributed by atoms with Crippen LogP contribution in [0.25, 0.3) is 0 Å². The molecule has 0 bridgehead atoms. The lowest BCUT2D eigenvalue weighted by Gasteiger charge is -1.97. The summed E-state index contributed by atoms with van der Waals surface area (Å²) in [5.41, 5.74) is 0.422. The number of amides is 1. The van der Waals surface area contributed by atoms with Crippen LogP contribution in [0.4, 0.5) is 5.13 Å². The molecule has 18 heavy (non-hydrogen) atoms. The van der Waals surface area contributed by atoms with Gasteiger partial charge in [-0.25, -0.2) is 4.98 Å².